The van der Waals surface area contributed by atoms with Gasteiger partial charge in [0, 0.05) is 18.6 Å². The van der Waals surface area contributed by atoms with E-state index < -0.39 is 10.0 Å². The van der Waals surface area contributed by atoms with E-state index in [0.717, 1.165) is 5.56 Å². The molecule has 2 aromatic rings. The maximum absolute atomic E-state index is 12.7. The van der Waals surface area contributed by atoms with Crippen molar-refractivity contribution in [2.24, 2.45) is 0 Å². The van der Waals surface area contributed by atoms with Gasteiger partial charge in [0.1, 0.15) is 4.90 Å². The van der Waals surface area contributed by atoms with Gasteiger partial charge >= 0.3 is 0 Å². The number of halogens is 1. The van der Waals surface area contributed by atoms with Gasteiger partial charge in [-0.25, -0.2) is 8.42 Å². The molecule has 0 aliphatic carbocycles. The number of rotatable bonds is 4. The highest BCUT2D eigenvalue weighted by atomic mass is 35.5. The third kappa shape index (κ3) is 3.37. The Balaban J connectivity index is 2.35. The number of nitrogens with zero attached hydrogens (tertiary/aromatic N) is 1. The van der Waals surface area contributed by atoms with Crippen molar-refractivity contribution < 1.29 is 8.42 Å². The van der Waals surface area contributed by atoms with Crippen molar-refractivity contribution in [2.45, 2.75) is 18.4 Å². The van der Waals surface area contributed by atoms with Crippen molar-refractivity contribution in [3.63, 3.8) is 0 Å². The van der Waals surface area contributed by atoms with Crippen LogP contribution in [0.25, 0.3) is 0 Å². The minimum atomic E-state index is -3.65. The van der Waals surface area contributed by atoms with E-state index in [4.69, 9.17) is 17.3 Å². The van der Waals surface area contributed by atoms with Gasteiger partial charge in [-0.3, -0.25) is 0 Å². The topological polar surface area (TPSA) is 63.4 Å². The van der Waals surface area contributed by atoms with Gasteiger partial charge in [-0.05, 0) is 36.2 Å². The highest BCUT2D eigenvalue weighted by Gasteiger charge is 2.25. The first-order valence-electron chi connectivity index (χ1n) is 6.38. The fraction of sp³-hybridized carbons (Fsp3) is 0.200. The second-order valence-corrected chi connectivity index (χ2v) is 7.30. The predicted octanol–water partition coefficient (Wildman–Crippen LogP) is 3.05. The van der Waals surface area contributed by atoms with Gasteiger partial charge < -0.3 is 5.73 Å². The third-order valence-electron chi connectivity index (χ3n) is 3.20. The Kier molecular flexibility index (Phi) is 4.56. The zero-order chi connectivity index (χ0) is 15.6. The molecule has 0 aliphatic rings. The Morgan fingerprint density at radius 3 is 2.48 bits per heavy atom. The predicted molar refractivity (Wildman–Crippen MR) is 85.7 cm³/mol. The van der Waals surface area contributed by atoms with Crippen molar-refractivity contribution in [3.8, 4) is 0 Å². The van der Waals surface area contributed by atoms with Crippen molar-refractivity contribution in [3.05, 3.63) is 58.6 Å². The van der Waals surface area contributed by atoms with Crippen molar-refractivity contribution in [1.82, 2.24) is 4.31 Å². The lowest BCUT2D eigenvalue weighted by atomic mass is 10.2. The van der Waals surface area contributed by atoms with Crippen molar-refractivity contribution in [2.75, 3.05) is 12.8 Å². The van der Waals surface area contributed by atoms with E-state index in [1.54, 1.807) is 43.3 Å². The number of benzene rings is 2. The molecule has 0 saturated heterocycles. The van der Waals surface area contributed by atoms with Crippen LogP contribution >= 0.6 is 11.6 Å². The minimum Gasteiger partial charge on any atom is -0.398 e. The number of nitrogen functional groups attached to an aromatic ring is 1. The zero-order valence-electron chi connectivity index (χ0n) is 11.9. The summed E-state index contributed by atoms with van der Waals surface area (Å²) in [6, 6.07) is 12.2. The largest absolute Gasteiger partial charge is 0.398 e. The molecule has 0 fully saturated rings. The van der Waals surface area contributed by atoms with Crippen molar-refractivity contribution >= 4 is 27.3 Å². The fourth-order valence-corrected chi connectivity index (χ4v) is 3.85. The molecule has 21 heavy (non-hydrogen) atoms. The molecule has 4 nitrogen and oxygen atoms in total. The maximum atomic E-state index is 12.7. The third-order valence-corrected chi connectivity index (χ3v) is 5.46. The van der Waals surface area contributed by atoms with E-state index in [0.29, 0.717) is 10.6 Å². The number of sulfonamides is 1. The van der Waals surface area contributed by atoms with Crippen LogP contribution in [-0.2, 0) is 16.6 Å². The molecule has 0 atom stereocenters. The van der Waals surface area contributed by atoms with E-state index in [-0.39, 0.29) is 17.1 Å². The van der Waals surface area contributed by atoms with Gasteiger partial charge in [-0.2, -0.15) is 4.31 Å². The summed E-state index contributed by atoms with van der Waals surface area (Å²) in [7, 11) is -2.12. The summed E-state index contributed by atoms with van der Waals surface area (Å²) in [5.41, 5.74) is 7.55. The summed E-state index contributed by atoms with van der Waals surface area (Å²) >= 11 is 5.92. The summed E-state index contributed by atoms with van der Waals surface area (Å²) in [4.78, 5) is 0.162. The van der Waals surface area contributed by atoms with E-state index in [1.165, 1.54) is 11.4 Å². The highest BCUT2D eigenvalue weighted by molar-refractivity contribution is 7.89. The maximum Gasteiger partial charge on any atom is 0.245 e. The molecule has 0 bridgehead atoms. The molecule has 2 aromatic carbocycles. The molecule has 6 heteroatoms. The molecule has 0 radical (unpaired) electrons. The minimum absolute atomic E-state index is 0.162. The first-order valence-corrected chi connectivity index (χ1v) is 8.20. The summed E-state index contributed by atoms with van der Waals surface area (Å²) in [6.45, 7) is 1.97. The number of anilines is 1. The fourth-order valence-electron chi connectivity index (χ4n) is 2.16. The van der Waals surface area contributed by atoms with Gasteiger partial charge in [0.15, 0.2) is 0 Å². The first kappa shape index (κ1) is 15.8. The second-order valence-electron chi connectivity index (χ2n) is 4.88. The molecule has 0 aliphatic heterocycles. The smallest absolute Gasteiger partial charge is 0.245 e. The molecule has 0 spiro atoms. The highest BCUT2D eigenvalue weighted by Crippen LogP contribution is 2.26. The monoisotopic (exact) mass is 324 g/mol. The summed E-state index contributed by atoms with van der Waals surface area (Å²) in [6.07, 6.45) is 0. The normalized spacial score (nSPS) is 11.8. The first-order chi connectivity index (χ1) is 9.82. The molecule has 0 saturated carbocycles. The lowest BCUT2D eigenvalue weighted by Crippen LogP contribution is -2.27. The van der Waals surface area contributed by atoms with Crippen LogP contribution in [0.15, 0.2) is 47.4 Å². The molecular formula is C15H17ClN2O2S. The average Bonchev–Trinajstić information content (AvgIpc) is 2.38. The van der Waals surface area contributed by atoms with Crippen LogP contribution in [0.4, 0.5) is 5.69 Å². The summed E-state index contributed by atoms with van der Waals surface area (Å²) in [5, 5.41) is 0.578. The number of nitrogens with two attached hydrogens (primary N) is 1. The SMILES string of the molecule is Cc1cccc(N)c1S(=O)(=O)N(C)Cc1cccc(Cl)c1. The second kappa shape index (κ2) is 6.05. The Labute approximate surface area is 130 Å². The number of hydrogen-bond acceptors (Lipinski definition) is 3. The molecule has 0 heterocycles. The lowest BCUT2D eigenvalue weighted by Gasteiger charge is -2.20. The Hall–Kier alpha value is -1.56. The molecule has 0 amide bonds. The molecule has 0 aromatic heterocycles. The summed E-state index contributed by atoms with van der Waals surface area (Å²) < 4.78 is 26.6. The van der Waals surface area contributed by atoms with Gasteiger partial charge in [0.25, 0.3) is 0 Å². The molecule has 112 valence electrons. The van der Waals surface area contributed by atoms with Crippen LogP contribution in [0.1, 0.15) is 11.1 Å². The quantitative estimate of drug-likeness (QED) is 0.879. The van der Waals surface area contributed by atoms with Gasteiger partial charge in [0.2, 0.25) is 10.0 Å². The van der Waals surface area contributed by atoms with Crippen LogP contribution in [0.5, 0.6) is 0 Å². The van der Waals surface area contributed by atoms with Crippen LogP contribution < -0.4 is 5.73 Å². The molecule has 0 unspecified atom stereocenters. The molecular weight excluding hydrogens is 308 g/mol. The lowest BCUT2D eigenvalue weighted by molar-refractivity contribution is 0.466. The van der Waals surface area contributed by atoms with Gasteiger partial charge in [-0.15, -0.1) is 0 Å². The van der Waals surface area contributed by atoms with E-state index >= 15 is 0 Å². The van der Waals surface area contributed by atoms with Crippen LogP contribution in [-0.4, -0.2) is 19.8 Å². The van der Waals surface area contributed by atoms with Crippen LogP contribution in [0.2, 0.25) is 5.02 Å². The van der Waals surface area contributed by atoms with Gasteiger partial charge in [0.05, 0.1) is 5.69 Å². The average molecular weight is 325 g/mol. The van der Waals surface area contributed by atoms with Gasteiger partial charge in [-0.1, -0.05) is 35.9 Å². The number of aryl methyl sites for hydroxylation is 1. The van der Waals surface area contributed by atoms with Crippen LogP contribution in [0.3, 0.4) is 0 Å². The Morgan fingerprint density at radius 1 is 1.19 bits per heavy atom. The van der Waals surface area contributed by atoms with E-state index in [2.05, 4.69) is 0 Å². The van der Waals surface area contributed by atoms with Crippen molar-refractivity contribution in [1.29, 1.82) is 0 Å². The Morgan fingerprint density at radius 2 is 1.86 bits per heavy atom. The number of hydrogen-bond donors (Lipinski definition) is 1. The molecule has 2 N–H and O–H groups in total. The summed E-state index contributed by atoms with van der Waals surface area (Å²) in [5.74, 6) is 0. The zero-order valence-corrected chi connectivity index (χ0v) is 13.4. The molecule has 2 rings (SSSR count). The standard InChI is InChI=1S/C15H17ClN2O2S/c1-11-5-3-8-14(17)15(11)21(19,20)18(2)10-12-6-4-7-13(16)9-12/h3-9H,10,17H2,1-2H3. The van der Waals surface area contributed by atoms with Crippen LogP contribution in [0, 0.1) is 6.92 Å². The van der Waals surface area contributed by atoms with E-state index in [9.17, 15) is 8.42 Å². The van der Waals surface area contributed by atoms with E-state index in [1.807, 2.05) is 6.07 Å². The Bertz CT molecular complexity index is 740.